The first kappa shape index (κ1) is 40.8. The fourth-order valence-corrected chi connectivity index (χ4v) is 14.3. The van der Waals surface area contributed by atoms with Crippen LogP contribution in [0.15, 0.2) is 0 Å². The number of phosphoric acid groups is 1. The van der Waals surface area contributed by atoms with Gasteiger partial charge in [0.25, 0.3) is 5.97 Å². The van der Waals surface area contributed by atoms with Gasteiger partial charge in [0.2, 0.25) is 8.32 Å². The van der Waals surface area contributed by atoms with E-state index in [1.807, 2.05) is 58.9 Å². The van der Waals surface area contributed by atoms with E-state index in [-0.39, 0.29) is 19.0 Å². The summed E-state index contributed by atoms with van der Waals surface area (Å²) >= 11 is 0. The molecule has 0 saturated heterocycles. The number of hydrogen-bond donors (Lipinski definition) is 0. The number of carbonyl (C=O) groups is 1. The molecule has 0 aliphatic carbocycles. The first-order valence-corrected chi connectivity index (χ1v) is 36.1. The van der Waals surface area contributed by atoms with E-state index in [0.29, 0.717) is 0 Å². The van der Waals surface area contributed by atoms with Gasteiger partial charge in [0, 0.05) is 0 Å². The topological polar surface area (TPSA) is 98.8 Å². The van der Waals surface area contributed by atoms with Crippen LogP contribution in [0.5, 0.6) is 0 Å². The van der Waals surface area contributed by atoms with Crippen LogP contribution >= 0.6 is 7.82 Å². The van der Waals surface area contributed by atoms with E-state index < -0.39 is 76.0 Å². The van der Waals surface area contributed by atoms with Gasteiger partial charge in [-0.15, -0.1) is 0 Å². The molecule has 0 spiro atoms. The molecule has 0 saturated carbocycles. The van der Waals surface area contributed by atoms with Crippen LogP contribution in [0.2, 0.25) is 118 Å². The van der Waals surface area contributed by atoms with Crippen molar-refractivity contribution in [2.75, 3.05) is 6.61 Å². The fraction of sp³-hybridized carbons (Fsp3) is 0.958. The molecule has 0 heterocycles. The van der Waals surface area contributed by atoms with E-state index in [0.717, 1.165) is 0 Å². The van der Waals surface area contributed by atoms with E-state index in [2.05, 4.69) is 58.9 Å². The van der Waals surface area contributed by atoms with Gasteiger partial charge in [-0.05, 0) is 118 Å². The van der Waals surface area contributed by atoms with Gasteiger partial charge in [-0.2, -0.15) is 0 Å². The van der Waals surface area contributed by atoms with Crippen molar-refractivity contribution < 1.29 is 40.0 Å². The number of hydrogen-bond acceptors (Lipinski definition) is 9. The average Bonchev–Trinajstić information content (AvgIpc) is 2.54. The van der Waals surface area contributed by atoms with Gasteiger partial charge in [-0.3, -0.25) is 9.32 Å². The summed E-state index contributed by atoms with van der Waals surface area (Å²) in [4.78, 5) is 13.1. The Balaban J connectivity index is 6.71. The van der Waals surface area contributed by atoms with Crippen molar-refractivity contribution in [2.45, 2.75) is 143 Å². The first-order valence-electron chi connectivity index (χ1n) is 14.2. The summed E-state index contributed by atoms with van der Waals surface area (Å²) in [6, 6.07) is 0. The average molecular weight is 693 g/mol. The molecule has 0 aromatic carbocycles. The van der Waals surface area contributed by atoms with Gasteiger partial charge in [0.1, 0.15) is 0 Å². The summed E-state index contributed by atoms with van der Waals surface area (Å²) in [5.41, 5.74) is 0. The van der Waals surface area contributed by atoms with Gasteiger partial charge < -0.3 is 26.1 Å². The van der Waals surface area contributed by atoms with Crippen molar-refractivity contribution in [1.82, 2.24) is 0 Å². The molecule has 40 heavy (non-hydrogen) atoms. The maximum Gasteiger partial charge on any atom is 0.455 e. The third kappa shape index (κ3) is 21.4. The molecule has 0 amide bonds. The molecule has 0 aromatic rings. The minimum absolute atomic E-state index is 0.0315. The summed E-state index contributed by atoms with van der Waals surface area (Å²) in [6.07, 6.45) is -1.90. The summed E-state index contributed by atoms with van der Waals surface area (Å²) in [5.74, 6) is -0.311. The van der Waals surface area contributed by atoms with Gasteiger partial charge in [0.05, 0.1) is 31.3 Å². The normalized spacial score (nSPS) is 16.9. The highest BCUT2D eigenvalue weighted by Crippen LogP contribution is 2.54. The van der Waals surface area contributed by atoms with Gasteiger partial charge >= 0.3 is 7.82 Å². The van der Waals surface area contributed by atoms with E-state index in [9.17, 15) is 9.36 Å². The van der Waals surface area contributed by atoms with Crippen LogP contribution in [0.1, 0.15) is 6.42 Å². The van der Waals surface area contributed by atoms with Gasteiger partial charge in [-0.1, -0.05) is 0 Å². The van der Waals surface area contributed by atoms with Crippen molar-refractivity contribution in [1.29, 1.82) is 0 Å². The highest BCUT2D eigenvalue weighted by Gasteiger charge is 2.44. The first-order chi connectivity index (χ1) is 17.3. The van der Waals surface area contributed by atoms with Crippen molar-refractivity contribution in [3.63, 3.8) is 0 Å². The molecule has 3 atom stereocenters. The van der Waals surface area contributed by atoms with Crippen LogP contribution in [0.25, 0.3) is 0 Å². The number of rotatable bonds is 18. The minimum Gasteiger partial charge on any atom is -0.520 e. The zero-order valence-corrected chi connectivity index (χ0v) is 35.7. The lowest BCUT2D eigenvalue weighted by Crippen LogP contribution is -2.55. The molecule has 0 aliphatic rings. The lowest BCUT2D eigenvalue weighted by Gasteiger charge is -2.42. The SMILES string of the molecule is C[Si](C)(C)OC(=O)CC(O[Si](C)(C)C)C(O[Si](C)(C)C)C(COP(=O)(O[Si](C)(C)C)O[Si](C)(C)C)O[Si](C)(C)C. The Labute approximate surface area is 252 Å². The molecule has 0 radical (unpaired) electrons. The van der Waals surface area contributed by atoms with Crippen LogP contribution in [0.4, 0.5) is 0 Å². The second kappa shape index (κ2) is 14.7. The number of carbonyl (C=O) groups excluding carboxylic acids is 1. The Hall–Kier alpha value is 0.761. The lowest BCUT2D eigenvalue weighted by molar-refractivity contribution is -0.140. The van der Waals surface area contributed by atoms with Crippen molar-refractivity contribution in [3.05, 3.63) is 0 Å². The lowest BCUT2D eigenvalue weighted by atomic mass is 10.1. The predicted octanol–water partition coefficient (Wildman–Crippen LogP) is 8.24. The third-order valence-corrected chi connectivity index (χ3v) is 14.7. The zero-order valence-electron chi connectivity index (χ0n) is 28.8. The molecule has 0 aromatic heterocycles. The van der Waals surface area contributed by atoms with Crippen LogP contribution < -0.4 is 0 Å². The standard InChI is InChI=1S/C24H61O9PSi6/c1-35(2,3)28-21(19-23(25)30-37(7,8)9)24(31-38(10,11)12)22(29-36(4,5)6)20-27-34(26,32-39(13,14)15)33-40(16,17)18/h21-22,24H,19-20H2,1-18H3. The van der Waals surface area contributed by atoms with Crippen LogP contribution in [0.3, 0.4) is 0 Å². The van der Waals surface area contributed by atoms with E-state index >= 15 is 0 Å². The largest absolute Gasteiger partial charge is 0.520 e. The molecular formula is C24H61O9PSi6. The molecule has 16 heteroatoms. The second-order valence-corrected chi connectivity index (χ2v) is 45.0. The quantitative estimate of drug-likeness (QED) is 0.104. The molecule has 0 bridgehead atoms. The van der Waals surface area contributed by atoms with Crippen molar-refractivity contribution in [3.8, 4) is 0 Å². The molecule has 0 fully saturated rings. The Bertz CT molecular complexity index is 830. The van der Waals surface area contributed by atoms with E-state index in [1.165, 1.54) is 0 Å². The van der Waals surface area contributed by atoms with Gasteiger partial charge in [0.15, 0.2) is 41.6 Å². The third-order valence-electron chi connectivity index (χ3n) is 4.19. The Morgan fingerprint density at radius 3 is 1.25 bits per heavy atom. The Kier molecular flexibility index (Phi) is 15.0. The molecular weight excluding hydrogens is 632 g/mol. The second-order valence-electron chi connectivity index (χ2n) is 16.2. The molecule has 3 unspecified atom stereocenters. The molecule has 0 N–H and O–H groups in total. The monoisotopic (exact) mass is 692 g/mol. The Morgan fingerprint density at radius 1 is 0.550 bits per heavy atom. The molecule has 240 valence electrons. The maximum absolute atomic E-state index is 14.0. The van der Waals surface area contributed by atoms with E-state index in [4.69, 9.17) is 30.7 Å². The van der Waals surface area contributed by atoms with Crippen LogP contribution in [-0.2, 0) is 40.0 Å². The predicted molar refractivity (Wildman–Crippen MR) is 181 cm³/mol. The summed E-state index contributed by atoms with van der Waals surface area (Å²) in [6.45, 7) is 36.3. The van der Waals surface area contributed by atoms with Crippen molar-refractivity contribution >= 4 is 63.7 Å². The maximum atomic E-state index is 14.0. The highest BCUT2D eigenvalue weighted by atomic mass is 31.2. The van der Waals surface area contributed by atoms with E-state index in [1.54, 1.807) is 0 Å². The highest BCUT2D eigenvalue weighted by molar-refractivity contribution is 7.52. The molecule has 9 nitrogen and oxygen atoms in total. The summed E-state index contributed by atoms with van der Waals surface area (Å²) in [5, 5.41) is 0. The van der Waals surface area contributed by atoms with Crippen LogP contribution in [0, 0.1) is 0 Å². The smallest absolute Gasteiger partial charge is 0.455 e. The molecule has 0 aliphatic heterocycles. The summed E-state index contributed by atoms with van der Waals surface area (Å²) < 4.78 is 58.1. The zero-order chi connectivity index (χ0) is 32.2. The molecule has 0 rings (SSSR count). The van der Waals surface area contributed by atoms with Gasteiger partial charge in [-0.25, -0.2) is 4.57 Å². The Morgan fingerprint density at radius 2 is 0.925 bits per heavy atom. The summed E-state index contributed by atoms with van der Waals surface area (Å²) in [7, 11) is -17.1. The van der Waals surface area contributed by atoms with Crippen molar-refractivity contribution in [2.24, 2.45) is 0 Å². The minimum atomic E-state index is -3.90. The van der Waals surface area contributed by atoms with Crippen LogP contribution in [-0.4, -0.2) is 80.8 Å². The fourth-order valence-electron chi connectivity index (χ4n) is 3.58.